The number of nitrogens with one attached hydrogen (secondary N) is 1. The highest BCUT2D eigenvalue weighted by molar-refractivity contribution is 6.31. The van der Waals surface area contributed by atoms with Gasteiger partial charge in [0.15, 0.2) is 0 Å². The lowest BCUT2D eigenvalue weighted by atomic mass is 10.0. The maximum Gasteiger partial charge on any atom is 0.322 e. The topological polar surface area (TPSA) is 41.6 Å². The molecular weight excluding hydrogens is 324 g/mol. The van der Waals surface area contributed by atoms with E-state index in [0.29, 0.717) is 5.02 Å². The number of benzene rings is 2. The predicted octanol–water partition coefficient (Wildman–Crippen LogP) is 5.03. The van der Waals surface area contributed by atoms with Gasteiger partial charge in [-0.25, -0.2) is 4.79 Å². The van der Waals surface area contributed by atoms with Crippen LogP contribution in [0.1, 0.15) is 30.0 Å². The number of hydrogen-bond acceptors (Lipinski definition) is 2. The molecule has 1 fully saturated rings. The zero-order valence-electron chi connectivity index (χ0n) is 13.9. The number of nitrogens with zero attached hydrogens (tertiary/aromatic N) is 1. The van der Waals surface area contributed by atoms with Gasteiger partial charge in [0.2, 0.25) is 0 Å². The van der Waals surface area contributed by atoms with E-state index in [2.05, 4.69) is 5.32 Å². The predicted molar refractivity (Wildman–Crippen MR) is 96.9 cm³/mol. The summed E-state index contributed by atoms with van der Waals surface area (Å²) in [4.78, 5) is 14.6. The van der Waals surface area contributed by atoms with Gasteiger partial charge in [0.1, 0.15) is 5.75 Å². The molecule has 0 spiro atoms. The Morgan fingerprint density at radius 1 is 1.25 bits per heavy atom. The van der Waals surface area contributed by atoms with Crippen LogP contribution < -0.4 is 10.1 Å². The number of halogens is 1. The van der Waals surface area contributed by atoms with Crippen LogP contribution in [0.15, 0.2) is 42.5 Å². The second-order valence-corrected chi connectivity index (χ2v) is 6.37. The van der Waals surface area contributed by atoms with Gasteiger partial charge in [0, 0.05) is 17.3 Å². The molecule has 0 saturated carbocycles. The quantitative estimate of drug-likeness (QED) is 0.848. The Bertz CT molecular complexity index is 731. The fourth-order valence-corrected chi connectivity index (χ4v) is 3.29. The Balaban J connectivity index is 1.76. The summed E-state index contributed by atoms with van der Waals surface area (Å²) < 4.78 is 5.20. The van der Waals surface area contributed by atoms with Gasteiger partial charge >= 0.3 is 6.03 Å². The lowest BCUT2D eigenvalue weighted by Gasteiger charge is -2.26. The Kier molecular flexibility index (Phi) is 4.95. The number of hydrogen-bond donors (Lipinski definition) is 1. The molecule has 1 saturated heterocycles. The summed E-state index contributed by atoms with van der Waals surface area (Å²) in [6, 6.07) is 13.5. The number of carbonyl (C=O) groups excluding carboxylic acids is 1. The third-order valence-corrected chi connectivity index (χ3v) is 4.93. The van der Waals surface area contributed by atoms with E-state index in [1.165, 1.54) is 0 Å². The second-order valence-electron chi connectivity index (χ2n) is 5.97. The largest absolute Gasteiger partial charge is 0.497 e. The van der Waals surface area contributed by atoms with E-state index in [4.69, 9.17) is 16.3 Å². The third-order valence-electron chi connectivity index (χ3n) is 4.52. The smallest absolute Gasteiger partial charge is 0.322 e. The molecule has 0 aromatic heterocycles. The maximum absolute atomic E-state index is 12.7. The van der Waals surface area contributed by atoms with E-state index >= 15 is 0 Å². The van der Waals surface area contributed by atoms with Crippen LogP contribution in [-0.2, 0) is 0 Å². The van der Waals surface area contributed by atoms with Crippen LogP contribution in [0.25, 0.3) is 0 Å². The first-order chi connectivity index (χ1) is 11.6. The van der Waals surface area contributed by atoms with Gasteiger partial charge in [-0.15, -0.1) is 0 Å². The van der Waals surface area contributed by atoms with Crippen LogP contribution in [0, 0.1) is 6.92 Å². The van der Waals surface area contributed by atoms with E-state index in [1.54, 1.807) is 7.11 Å². The lowest BCUT2D eigenvalue weighted by molar-refractivity contribution is 0.207. The molecule has 1 heterocycles. The summed E-state index contributed by atoms with van der Waals surface area (Å²) in [5, 5.41) is 3.65. The normalized spacial score (nSPS) is 17.0. The van der Waals surface area contributed by atoms with Crippen LogP contribution in [0.5, 0.6) is 5.75 Å². The van der Waals surface area contributed by atoms with Crippen molar-refractivity contribution in [2.24, 2.45) is 0 Å². The summed E-state index contributed by atoms with van der Waals surface area (Å²) in [5.74, 6) is 0.822. The van der Waals surface area contributed by atoms with Crippen molar-refractivity contribution < 1.29 is 9.53 Å². The van der Waals surface area contributed by atoms with Gasteiger partial charge in [-0.1, -0.05) is 29.8 Å². The lowest BCUT2D eigenvalue weighted by Crippen LogP contribution is -2.34. The van der Waals surface area contributed by atoms with Crippen molar-refractivity contribution in [1.82, 2.24) is 4.90 Å². The fourth-order valence-electron chi connectivity index (χ4n) is 3.11. The molecule has 3 rings (SSSR count). The van der Waals surface area contributed by atoms with E-state index in [1.807, 2.05) is 54.3 Å². The molecule has 2 aromatic carbocycles. The van der Waals surface area contributed by atoms with Crippen LogP contribution in [-0.4, -0.2) is 24.6 Å². The number of ether oxygens (including phenoxy) is 1. The third kappa shape index (κ3) is 3.34. The van der Waals surface area contributed by atoms with E-state index < -0.39 is 0 Å². The number of anilines is 1. The Morgan fingerprint density at radius 3 is 2.71 bits per heavy atom. The Hall–Kier alpha value is -2.20. The van der Waals surface area contributed by atoms with Crippen molar-refractivity contribution >= 4 is 23.3 Å². The first-order valence-electron chi connectivity index (χ1n) is 8.07. The van der Waals surface area contributed by atoms with Gasteiger partial charge in [0.25, 0.3) is 0 Å². The van der Waals surface area contributed by atoms with Crippen LogP contribution in [0.2, 0.25) is 5.02 Å². The summed E-state index contributed by atoms with van der Waals surface area (Å²) >= 11 is 6.13. The molecule has 1 N–H and O–H groups in total. The van der Waals surface area contributed by atoms with Gasteiger partial charge < -0.3 is 15.0 Å². The minimum absolute atomic E-state index is 0.0846. The fraction of sp³-hybridized carbons (Fsp3) is 0.316. The summed E-state index contributed by atoms with van der Waals surface area (Å²) in [5.41, 5.74) is 2.77. The molecular formula is C19H21ClN2O2. The molecule has 0 bridgehead atoms. The van der Waals surface area contributed by atoms with Crippen LogP contribution in [0.3, 0.4) is 0 Å². The Labute approximate surface area is 147 Å². The number of amides is 2. The summed E-state index contributed by atoms with van der Waals surface area (Å²) in [7, 11) is 1.65. The number of urea groups is 1. The van der Waals surface area contributed by atoms with Gasteiger partial charge in [-0.05, 0) is 55.2 Å². The SMILES string of the molecule is COc1ccc([C@@H]2CCCN2C(=O)Nc2cccc(Cl)c2C)cc1. The van der Waals surface area contributed by atoms with Crippen molar-refractivity contribution in [2.75, 3.05) is 19.0 Å². The molecule has 5 heteroatoms. The summed E-state index contributed by atoms with van der Waals surface area (Å²) in [6.45, 7) is 2.66. The molecule has 24 heavy (non-hydrogen) atoms. The van der Waals surface area contributed by atoms with Crippen LogP contribution in [0.4, 0.5) is 10.5 Å². The number of carbonyl (C=O) groups is 1. The highest BCUT2D eigenvalue weighted by atomic mass is 35.5. The highest BCUT2D eigenvalue weighted by Crippen LogP contribution is 2.33. The molecule has 1 aliphatic heterocycles. The molecule has 126 valence electrons. The monoisotopic (exact) mass is 344 g/mol. The zero-order valence-corrected chi connectivity index (χ0v) is 14.6. The van der Waals surface area contributed by atoms with Crippen LogP contribution >= 0.6 is 11.6 Å². The summed E-state index contributed by atoms with van der Waals surface area (Å²) in [6.07, 6.45) is 1.97. The number of methoxy groups -OCH3 is 1. The molecule has 1 atom stereocenters. The molecule has 0 aliphatic carbocycles. The Morgan fingerprint density at radius 2 is 2.00 bits per heavy atom. The average molecular weight is 345 g/mol. The maximum atomic E-state index is 12.7. The minimum Gasteiger partial charge on any atom is -0.497 e. The second kappa shape index (κ2) is 7.14. The number of rotatable bonds is 3. The van der Waals surface area contributed by atoms with Crippen molar-refractivity contribution in [2.45, 2.75) is 25.8 Å². The van der Waals surface area contributed by atoms with Crippen molar-refractivity contribution in [3.8, 4) is 5.75 Å². The molecule has 0 unspecified atom stereocenters. The highest BCUT2D eigenvalue weighted by Gasteiger charge is 2.30. The van der Waals surface area contributed by atoms with E-state index in [-0.39, 0.29) is 12.1 Å². The van der Waals surface area contributed by atoms with E-state index in [0.717, 1.165) is 42.0 Å². The molecule has 2 amide bonds. The van der Waals surface area contributed by atoms with Crippen molar-refractivity contribution in [3.05, 3.63) is 58.6 Å². The molecule has 1 aliphatic rings. The first kappa shape index (κ1) is 16.7. The average Bonchev–Trinajstić information content (AvgIpc) is 3.09. The molecule has 4 nitrogen and oxygen atoms in total. The van der Waals surface area contributed by atoms with E-state index in [9.17, 15) is 4.79 Å². The minimum atomic E-state index is -0.0846. The zero-order chi connectivity index (χ0) is 17.1. The van der Waals surface area contributed by atoms with Crippen molar-refractivity contribution in [3.63, 3.8) is 0 Å². The standard InChI is InChI=1S/C19H21ClN2O2/c1-13-16(20)5-3-6-17(13)21-19(23)22-12-4-7-18(22)14-8-10-15(24-2)11-9-14/h3,5-6,8-11,18H,4,7,12H2,1-2H3,(H,21,23)/t18-/m0/s1. The van der Waals surface area contributed by atoms with Crippen molar-refractivity contribution in [1.29, 1.82) is 0 Å². The molecule has 0 radical (unpaired) electrons. The van der Waals surface area contributed by atoms with Gasteiger partial charge in [-0.3, -0.25) is 0 Å². The molecule has 2 aromatic rings. The number of likely N-dealkylation sites (tertiary alicyclic amines) is 1. The first-order valence-corrected chi connectivity index (χ1v) is 8.44. The van der Waals surface area contributed by atoms with Gasteiger partial charge in [-0.2, -0.15) is 0 Å². The van der Waals surface area contributed by atoms with Gasteiger partial charge in [0.05, 0.1) is 13.2 Å².